The van der Waals surface area contributed by atoms with E-state index in [1.807, 2.05) is 0 Å². The number of ether oxygens (including phenoxy) is 1. The molecule has 1 aromatic heterocycles. The van der Waals surface area contributed by atoms with Gasteiger partial charge in [0.2, 0.25) is 0 Å². The Morgan fingerprint density at radius 3 is 2.09 bits per heavy atom. The minimum absolute atomic E-state index is 0.0761. The summed E-state index contributed by atoms with van der Waals surface area (Å²) in [7, 11) is -5.32. The molecule has 1 aromatic rings. The number of aromatic nitrogens is 2. The molecule has 3 atom stereocenters. The number of hydrogen-bond donors (Lipinski definition) is 1. The average molecular weight is 499 g/mol. The van der Waals surface area contributed by atoms with Crippen molar-refractivity contribution in [2.45, 2.75) is 103 Å². The SMILES string of the molecule is Cc1cn(C[C@@H]2OC[C@@H]3CO[Si](C(C)C)(C(C)C)O[Si](C(C)C)(C(C)C)O[C@H]32)c(=O)[nH]c1=O. The van der Waals surface area contributed by atoms with Gasteiger partial charge < -0.3 is 17.7 Å². The third-order valence-electron chi connectivity index (χ3n) is 7.30. The van der Waals surface area contributed by atoms with Crippen molar-refractivity contribution in [3.8, 4) is 0 Å². The number of H-pyrrole nitrogens is 1. The Labute approximate surface area is 199 Å². The number of nitrogens with one attached hydrogen (secondary N) is 1. The number of fused-ring (bicyclic) bond motifs is 1. The minimum Gasteiger partial charge on any atom is -0.414 e. The van der Waals surface area contributed by atoms with Crippen molar-refractivity contribution in [1.82, 2.24) is 9.55 Å². The molecule has 0 bridgehead atoms. The summed E-state index contributed by atoms with van der Waals surface area (Å²) in [4.78, 5) is 26.6. The van der Waals surface area contributed by atoms with Crippen molar-refractivity contribution in [3.05, 3.63) is 32.6 Å². The highest BCUT2D eigenvalue weighted by Gasteiger charge is 2.60. The molecule has 33 heavy (non-hydrogen) atoms. The first-order valence-electron chi connectivity index (χ1n) is 12.3. The first-order valence-corrected chi connectivity index (χ1v) is 16.2. The monoisotopic (exact) mass is 498 g/mol. The van der Waals surface area contributed by atoms with E-state index in [-0.39, 0.29) is 34.8 Å². The van der Waals surface area contributed by atoms with Crippen LogP contribution in [0, 0.1) is 12.8 Å². The number of nitrogens with zero attached hydrogens (tertiary/aromatic N) is 1. The summed E-state index contributed by atoms with van der Waals surface area (Å²) in [6.07, 6.45) is 1.05. The Kier molecular flexibility index (Phi) is 7.97. The Hall–Kier alpha value is -1.05. The largest absolute Gasteiger partial charge is 0.414 e. The second kappa shape index (κ2) is 9.90. The summed E-state index contributed by atoms with van der Waals surface area (Å²) in [5.74, 6) is 0.0761. The van der Waals surface area contributed by atoms with Gasteiger partial charge in [0.1, 0.15) is 6.10 Å². The van der Waals surface area contributed by atoms with Crippen molar-refractivity contribution in [3.63, 3.8) is 0 Å². The van der Waals surface area contributed by atoms with E-state index >= 15 is 0 Å². The average Bonchev–Trinajstić information content (AvgIpc) is 3.05. The van der Waals surface area contributed by atoms with E-state index in [2.05, 4.69) is 60.4 Å². The molecule has 3 rings (SSSR count). The molecule has 0 amide bonds. The summed E-state index contributed by atoms with van der Waals surface area (Å²) < 4.78 is 28.9. The highest BCUT2D eigenvalue weighted by atomic mass is 28.5. The van der Waals surface area contributed by atoms with Crippen molar-refractivity contribution in [2.24, 2.45) is 5.92 Å². The fourth-order valence-electron chi connectivity index (χ4n) is 5.32. The molecule has 0 spiro atoms. The Morgan fingerprint density at radius 1 is 0.970 bits per heavy atom. The third kappa shape index (κ3) is 4.88. The van der Waals surface area contributed by atoms with Gasteiger partial charge in [0.15, 0.2) is 0 Å². The molecular weight excluding hydrogens is 456 g/mol. The summed E-state index contributed by atoms with van der Waals surface area (Å²) in [6.45, 7) is 20.7. The van der Waals surface area contributed by atoms with Crippen molar-refractivity contribution in [2.75, 3.05) is 13.2 Å². The quantitative estimate of drug-likeness (QED) is 0.600. The summed E-state index contributed by atoms with van der Waals surface area (Å²) in [5.41, 5.74) is 0.739. The Morgan fingerprint density at radius 2 is 1.55 bits per heavy atom. The van der Waals surface area contributed by atoms with Crippen LogP contribution >= 0.6 is 0 Å². The predicted octanol–water partition coefficient (Wildman–Crippen LogP) is 3.82. The summed E-state index contributed by atoms with van der Waals surface area (Å²) in [5, 5.41) is 0. The molecule has 0 saturated carbocycles. The second-order valence-corrected chi connectivity index (χ2v) is 19.8. The second-order valence-electron chi connectivity index (χ2n) is 10.9. The van der Waals surface area contributed by atoms with Crippen molar-refractivity contribution >= 4 is 17.1 Å². The molecule has 2 saturated heterocycles. The van der Waals surface area contributed by atoms with Gasteiger partial charge in [-0.3, -0.25) is 14.3 Å². The molecule has 8 nitrogen and oxygen atoms in total. The zero-order chi connectivity index (χ0) is 24.7. The van der Waals surface area contributed by atoms with Crippen LogP contribution in [-0.4, -0.2) is 52.1 Å². The van der Waals surface area contributed by atoms with E-state index in [4.69, 9.17) is 17.7 Å². The number of hydrogen-bond acceptors (Lipinski definition) is 6. The molecule has 0 radical (unpaired) electrons. The van der Waals surface area contributed by atoms with E-state index in [9.17, 15) is 9.59 Å². The van der Waals surface area contributed by atoms with Gasteiger partial charge in [-0.1, -0.05) is 55.4 Å². The summed E-state index contributed by atoms with van der Waals surface area (Å²) in [6, 6.07) is 0. The standard InChI is InChI=1S/C23H42N2O6Si2/c1-14(2)32(15(3)4)29-13-19-12-28-20(11-25-10-18(9)22(26)24-23(25)27)21(19)30-33(31-32,16(5)6)17(7)8/h10,14-17,19-21H,11-13H2,1-9H3,(H,24,26,27)/t19-,20+,21-/m1/s1. The van der Waals surface area contributed by atoms with E-state index < -0.39 is 22.8 Å². The number of rotatable bonds is 6. The normalized spacial score (nSPS) is 27.2. The van der Waals surface area contributed by atoms with E-state index in [0.29, 0.717) is 36.4 Å². The smallest absolute Gasteiger partial charge is 0.335 e. The van der Waals surface area contributed by atoms with Crippen molar-refractivity contribution < 1.29 is 17.7 Å². The van der Waals surface area contributed by atoms with E-state index in [0.717, 1.165) is 0 Å². The number of aryl methyl sites for hydroxylation is 1. The van der Waals surface area contributed by atoms with Gasteiger partial charge in [0.25, 0.3) is 5.56 Å². The molecule has 0 aliphatic carbocycles. The Bertz CT molecular complexity index is 926. The molecule has 2 fully saturated rings. The van der Waals surface area contributed by atoms with Crippen LogP contribution in [-0.2, 0) is 24.2 Å². The lowest BCUT2D eigenvalue weighted by Gasteiger charge is -2.51. The zero-order valence-corrected chi connectivity index (χ0v) is 23.6. The predicted molar refractivity (Wildman–Crippen MR) is 133 cm³/mol. The van der Waals surface area contributed by atoms with Gasteiger partial charge in [0.05, 0.1) is 19.3 Å². The van der Waals surface area contributed by atoms with Gasteiger partial charge in [-0.15, -0.1) is 0 Å². The van der Waals surface area contributed by atoms with E-state index in [1.165, 1.54) is 4.57 Å². The van der Waals surface area contributed by atoms with Crippen LogP contribution in [0.15, 0.2) is 15.8 Å². The molecule has 0 aromatic carbocycles. The maximum Gasteiger partial charge on any atom is 0.335 e. The molecule has 2 aliphatic rings. The van der Waals surface area contributed by atoms with Gasteiger partial charge in [-0.25, -0.2) is 4.79 Å². The lowest BCUT2D eigenvalue weighted by Crippen LogP contribution is -2.65. The van der Waals surface area contributed by atoms with Gasteiger partial charge in [-0.05, 0) is 29.1 Å². The fourth-order valence-corrected chi connectivity index (χ4v) is 16.6. The molecule has 1 N–H and O–H groups in total. The lowest BCUT2D eigenvalue weighted by atomic mass is 10.0. The Balaban J connectivity index is 2.01. The maximum atomic E-state index is 12.4. The van der Waals surface area contributed by atoms with Crippen LogP contribution < -0.4 is 11.2 Å². The van der Waals surface area contributed by atoms with Crippen LogP contribution in [0.1, 0.15) is 61.0 Å². The van der Waals surface area contributed by atoms with Crippen LogP contribution in [0.25, 0.3) is 0 Å². The molecule has 2 aliphatic heterocycles. The highest BCUT2D eigenvalue weighted by Crippen LogP contribution is 2.47. The zero-order valence-electron chi connectivity index (χ0n) is 21.6. The first-order chi connectivity index (χ1) is 15.3. The van der Waals surface area contributed by atoms with E-state index in [1.54, 1.807) is 13.1 Å². The highest BCUT2D eigenvalue weighted by molar-refractivity contribution is 6.83. The topological polar surface area (TPSA) is 91.8 Å². The molecule has 3 heterocycles. The molecule has 188 valence electrons. The third-order valence-corrected chi connectivity index (χ3v) is 17.6. The minimum atomic E-state index is -2.75. The van der Waals surface area contributed by atoms with Crippen molar-refractivity contribution in [1.29, 1.82) is 0 Å². The van der Waals surface area contributed by atoms with Gasteiger partial charge in [0, 0.05) is 24.3 Å². The van der Waals surface area contributed by atoms with Crippen LogP contribution in [0.5, 0.6) is 0 Å². The summed E-state index contributed by atoms with van der Waals surface area (Å²) >= 11 is 0. The molecule has 10 heteroatoms. The molecule has 0 unspecified atom stereocenters. The van der Waals surface area contributed by atoms with Crippen LogP contribution in [0.2, 0.25) is 22.2 Å². The fraction of sp³-hybridized carbons (Fsp3) is 0.826. The molecular formula is C23H42N2O6Si2. The maximum absolute atomic E-state index is 12.4. The first kappa shape index (κ1) is 26.6. The number of aromatic amines is 1. The van der Waals surface area contributed by atoms with Crippen LogP contribution in [0.4, 0.5) is 0 Å². The van der Waals surface area contributed by atoms with Gasteiger partial charge >= 0.3 is 22.8 Å². The van der Waals surface area contributed by atoms with Crippen LogP contribution in [0.3, 0.4) is 0 Å². The lowest BCUT2D eigenvalue weighted by molar-refractivity contribution is 0.00435. The van der Waals surface area contributed by atoms with Gasteiger partial charge in [-0.2, -0.15) is 0 Å².